The van der Waals surface area contributed by atoms with Crippen molar-refractivity contribution >= 4 is 101 Å². The lowest BCUT2D eigenvalue weighted by Gasteiger charge is -2.44. The molecule has 6 aliphatic rings. The fraction of sp³-hybridized carbons (Fsp3) is 0.613. The first kappa shape index (κ1) is 84.7. The first-order chi connectivity index (χ1) is 48.6. The summed E-state index contributed by atoms with van der Waals surface area (Å²) in [6, 6.07) is 5.31. The van der Waals surface area contributed by atoms with Crippen LogP contribution in [-0.2, 0) is 79.5 Å². The zero-order chi connectivity index (χ0) is 77.5. The maximum absolute atomic E-state index is 14.2. The maximum Gasteiger partial charge on any atom is 0.409 e. The number of allylic oxidation sites excluding steroid dienone is 6. The Morgan fingerprint density at radius 1 is 0.702 bits per heavy atom. The van der Waals surface area contributed by atoms with Crippen molar-refractivity contribution in [3.05, 3.63) is 106 Å². The van der Waals surface area contributed by atoms with Gasteiger partial charge >= 0.3 is 18.0 Å². The molecule has 4 N–H and O–H groups in total. The number of rotatable bonds is 16. The largest absolute Gasteiger partial charge is 0.495 e. The number of carbonyl (C=O) groups is 7. The minimum Gasteiger partial charge on any atom is -0.495 e. The van der Waals surface area contributed by atoms with E-state index in [1.54, 1.807) is 86.1 Å². The van der Waals surface area contributed by atoms with Crippen LogP contribution in [-0.4, -0.2) is 212 Å². The van der Waals surface area contributed by atoms with Gasteiger partial charge in [0.15, 0.2) is 17.3 Å². The van der Waals surface area contributed by atoms with Crippen molar-refractivity contribution in [2.75, 3.05) is 72.2 Å². The molecule has 8 bridgehead atoms. The lowest BCUT2D eigenvalue weighted by atomic mass is 9.83. The number of anilines is 2. The van der Waals surface area contributed by atoms with Crippen molar-refractivity contribution < 1.29 is 91.1 Å². The summed E-state index contributed by atoms with van der Waals surface area (Å²) in [7, 11) is 12.2. The number of hydrogen-bond donors (Lipinski definition) is 6. The quantitative estimate of drug-likeness (QED) is 0.0394. The molecule has 6 aliphatic heterocycles. The Kier molecular flexibility index (Phi) is 28.5. The summed E-state index contributed by atoms with van der Waals surface area (Å²) in [4.78, 5) is 99.7. The summed E-state index contributed by atoms with van der Waals surface area (Å²) >= 11 is 22.2. The number of alkyl carbamates (subject to hydrolysis) is 1. The molecule has 0 saturated carbocycles. The van der Waals surface area contributed by atoms with E-state index in [1.807, 2.05) is 65.0 Å². The number of methoxy groups -OCH3 is 4. The minimum absolute atomic E-state index is 0.0478. The number of thiol groups is 2. The standard InChI is InChI=1S/C39H56ClN3O9S.C36H50ClN3O10S/c1-22-13-12-14-30(49-11)39(47)21-29(50-25(4)41-39)23(2)35-38(7,52-35)31(51-36(46)24(3)42(8)32(44)15-16-37(5,6)53)20-33(45)43(9)27-18-26(17-22)19-28(48-10)34(27)40;1-20-11-9-12-27(47-8)36(45)19-26(48-34(44)38-36)21(2)32-35(4,50-32)28(49-33(43)22(3)39(5)29(41)13-10-14-51)18-30(42)40(6)24-16-23(15-20)17-25(46-7)31(24)37/h12-14,18-19,23-24,29-31,35,41,47,53H,4,15-17,20-21H2,1-3,5-11H3;9,11-12,16-17,21-22,26-28,32,45,51H,10,13-15,18-19H2,1-8H3,(H,38,44)/b14-12+,22-13-;12-9+,20-11-/t23-,24+,29+,30-,31+,35+,38+,39+;21-,22+,26+,27-,28+,32+,35+,36+/m11/s1. The molecule has 4 saturated heterocycles. The van der Waals surface area contributed by atoms with Crippen molar-refractivity contribution in [3.63, 3.8) is 0 Å². The highest BCUT2D eigenvalue weighted by Gasteiger charge is 2.66. The third kappa shape index (κ3) is 20.2. The monoisotopic (exact) mass is 1530 g/mol. The number of ether oxygens (including phenoxy) is 10. The van der Waals surface area contributed by atoms with E-state index in [1.165, 1.54) is 55.1 Å². The van der Waals surface area contributed by atoms with Gasteiger partial charge in [-0.3, -0.25) is 24.5 Å². The maximum atomic E-state index is 14.2. The van der Waals surface area contributed by atoms with Crippen LogP contribution in [0.2, 0.25) is 10.0 Å². The average Bonchev–Trinajstić information content (AvgIpc) is 1.57. The molecule has 25 nitrogen and oxygen atoms in total. The predicted octanol–water partition coefficient (Wildman–Crippen LogP) is 9.58. The number of hydrogen-bond acceptors (Lipinski definition) is 22. The number of epoxide rings is 2. The second-order valence-corrected chi connectivity index (χ2v) is 31.5. The van der Waals surface area contributed by atoms with Crippen LogP contribution in [0.25, 0.3) is 0 Å². The van der Waals surface area contributed by atoms with Crippen LogP contribution >= 0.6 is 48.5 Å². The molecule has 0 aromatic heterocycles. The van der Waals surface area contributed by atoms with E-state index in [0.29, 0.717) is 54.3 Å². The van der Waals surface area contributed by atoms with Gasteiger partial charge in [-0.05, 0) is 115 Å². The van der Waals surface area contributed by atoms with Crippen molar-refractivity contribution in [2.45, 2.75) is 222 Å². The third-order valence-corrected chi connectivity index (χ3v) is 21.9. The van der Waals surface area contributed by atoms with Gasteiger partial charge in [-0.25, -0.2) is 14.4 Å². The molecule has 29 heteroatoms. The lowest BCUT2D eigenvalue weighted by molar-refractivity contribution is -0.162. The highest BCUT2D eigenvalue weighted by atomic mass is 35.5. The van der Waals surface area contributed by atoms with E-state index >= 15 is 0 Å². The van der Waals surface area contributed by atoms with E-state index in [-0.39, 0.29) is 76.9 Å². The smallest absolute Gasteiger partial charge is 0.409 e. The SMILES string of the molecule is C=C1N[C@]2(O)C[C@H](O1)[C@@H](C)[C@@H]1O[C@@]1(C)[C@@H](OC(=O)[C@H](C)N(C)C(=O)CCC(C)(C)S)CC(=O)N(C)c1cc(cc(OC)c1Cl)C/C(C)=C\C=C\[C@H]2OC.COc1cc2cc(c1Cl)N(C)C(=O)C[C@H](OC(=O)[C@H](C)N(C)C(=O)CCCS)[C@]1(C)O[C@H]1[C@H](C)[C@@H]1C[C@@](O)(NC(=O)O1)[C@H](OC)/C=C/C=C(/C)C2. The number of nitrogens with zero attached hydrogens (tertiary/aromatic N) is 4. The highest BCUT2D eigenvalue weighted by Crippen LogP contribution is 2.52. The van der Waals surface area contributed by atoms with E-state index < -0.39 is 119 Å². The van der Waals surface area contributed by atoms with Gasteiger partial charge in [0.1, 0.15) is 81.5 Å². The normalized spacial score (nSPS) is 31.7. The first-order valence-corrected chi connectivity index (χ1v) is 36.6. The van der Waals surface area contributed by atoms with E-state index in [4.69, 9.17) is 70.6 Å². The topological polar surface area (TPSA) is 296 Å². The number of nitrogens with one attached hydrogen (secondary N) is 2. The Morgan fingerprint density at radius 2 is 1.11 bits per heavy atom. The number of amides is 5. The van der Waals surface area contributed by atoms with Gasteiger partial charge in [0.2, 0.25) is 23.6 Å². The molecule has 5 amide bonds. The van der Waals surface area contributed by atoms with Crippen LogP contribution in [0.15, 0.2) is 84.3 Å². The van der Waals surface area contributed by atoms with Crippen molar-refractivity contribution in [1.29, 1.82) is 0 Å². The molecule has 0 radical (unpaired) electrons. The number of fused-ring (bicyclic) bond motifs is 10. The average molecular weight is 1530 g/mol. The molecular formula is C75H106Cl2N6O19S2. The molecule has 16 atom stereocenters. The van der Waals surface area contributed by atoms with Gasteiger partial charge in [-0.15, -0.1) is 0 Å². The Labute approximate surface area is 632 Å². The number of halogens is 2. The van der Waals surface area contributed by atoms with Crippen LogP contribution in [0, 0.1) is 11.8 Å². The van der Waals surface area contributed by atoms with Crippen LogP contribution in [0.5, 0.6) is 11.5 Å². The van der Waals surface area contributed by atoms with Crippen LogP contribution < -0.4 is 29.9 Å². The van der Waals surface area contributed by atoms with Gasteiger partial charge in [-0.2, -0.15) is 25.3 Å². The molecule has 2 aromatic rings. The fourth-order valence-electron chi connectivity index (χ4n) is 13.5. The number of benzene rings is 2. The summed E-state index contributed by atoms with van der Waals surface area (Å²) < 4.78 is 58.7. The molecule has 104 heavy (non-hydrogen) atoms. The second-order valence-electron chi connectivity index (χ2n) is 29.1. The Hall–Kier alpha value is -6.53. The number of esters is 2. The van der Waals surface area contributed by atoms with E-state index in [9.17, 15) is 43.8 Å². The van der Waals surface area contributed by atoms with Gasteiger partial charge in [0.05, 0.1) is 50.6 Å². The number of aliphatic hydroxyl groups is 2. The van der Waals surface area contributed by atoms with Crippen molar-refractivity contribution in [2.24, 2.45) is 11.8 Å². The summed E-state index contributed by atoms with van der Waals surface area (Å²) in [6.45, 7) is 22.0. The van der Waals surface area contributed by atoms with Gasteiger partial charge in [0, 0.05) is 84.7 Å². The van der Waals surface area contributed by atoms with Gasteiger partial charge in [0.25, 0.3) is 0 Å². The highest BCUT2D eigenvalue weighted by molar-refractivity contribution is 7.81. The molecular weight excluding hydrogens is 1420 g/mol. The molecule has 0 spiro atoms. The summed E-state index contributed by atoms with van der Waals surface area (Å²) in [5, 5.41) is 29.5. The fourth-order valence-corrected chi connectivity index (χ4v) is 14.4. The molecule has 2 aromatic carbocycles. The van der Waals surface area contributed by atoms with Crippen LogP contribution in [0.4, 0.5) is 16.2 Å². The van der Waals surface area contributed by atoms with Crippen molar-refractivity contribution in [3.8, 4) is 11.5 Å². The first-order valence-electron chi connectivity index (χ1n) is 34.8. The Morgan fingerprint density at radius 3 is 1.50 bits per heavy atom. The lowest BCUT2D eigenvalue weighted by Crippen LogP contribution is -2.63. The second kappa shape index (κ2) is 35.0. The third-order valence-electron chi connectivity index (χ3n) is 20.6. The number of likely N-dealkylation sites (N-methyl/N-ethyl adjacent to an activating group) is 2. The van der Waals surface area contributed by atoms with Crippen LogP contribution in [0.3, 0.4) is 0 Å². The molecule has 8 rings (SSSR count). The van der Waals surface area contributed by atoms with Crippen LogP contribution in [0.1, 0.15) is 132 Å². The Bertz CT molecular complexity index is 3650. The summed E-state index contributed by atoms with van der Waals surface area (Å²) in [5.41, 5.74) is -1.37. The molecule has 0 unspecified atom stereocenters. The van der Waals surface area contributed by atoms with Gasteiger partial charge < -0.3 is 82.5 Å². The van der Waals surface area contributed by atoms with Crippen molar-refractivity contribution in [1.82, 2.24) is 20.4 Å². The van der Waals surface area contributed by atoms with E-state index in [0.717, 1.165) is 22.3 Å². The minimum atomic E-state index is -1.82. The zero-order valence-corrected chi connectivity index (χ0v) is 66.3. The molecule has 4 fully saturated rings. The number of carbonyl (C=O) groups excluding carboxylic acids is 7. The molecule has 0 aliphatic carbocycles. The summed E-state index contributed by atoms with van der Waals surface area (Å²) in [5.74, 6) is -2.15. The van der Waals surface area contributed by atoms with Gasteiger partial charge in [-0.1, -0.05) is 98.5 Å². The summed E-state index contributed by atoms with van der Waals surface area (Å²) in [6.07, 6.45) is 5.30. The Balaban J connectivity index is 0.000000291. The zero-order valence-electron chi connectivity index (χ0n) is 63.0. The van der Waals surface area contributed by atoms with E-state index in [2.05, 4.69) is 42.5 Å². The predicted molar refractivity (Wildman–Crippen MR) is 401 cm³/mol. The molecule has 6 heterocycles. The molecule has 576 valence electrons.